The molecule has 1 saturated heterocycles. The second-order valence-corrected chi connectivity index (χ2v) is 9.23. The van der Waals surface area contributed by atoms with Crippen molar-refractivity contribution < 1.29 is 32.6 Å². The van der Waals surface area contributed by atoms with Crippen LogP contribution in [0, 0.1) is 0 Å². The van der Waals surface area contributed by atoms with Crippen LogP contribution in [0.25, 0.3) is 22.7 Å². The molecule has 0 aliphatic carbocycles. The number of imidazole rings is 1. The zero-order chi connectivity index (χ0) is 30.6. The lowest BCUT2D eigenvalue weighted by molar-refractivity contribution is -0.192. The minimum Gasteiger partial charge on any atom is -0.497 e. The van der Waals surface area contributed by atoms with E-state index in [9.17, 15) is 18.0 Å². The van der Waals surface area contributed by atoms with Gasteiger partial charge in [0.15, 0.2) is 11.5 Å². The smallest absolute Gasteiger partial charge is 0.490 e. The molecule has 0 unspecified atom stereocenters. The van der Waals surface area contributed by atoms with E-state index in [1.807, 2.05) is 58.0 Å². The summed E-state index contributed by atoms with van der Waals surface area (Å²) in [5, 5.41) is 11.6. The van der Waals surface area contributed by atoms with Gasteiger partial charge in [-0.1, -0.05) is 6.07 Å². The average molecular weight is 595 g/mol. The summed E-state index contributed by atoms with van der Waals surface area (Å²) in [6.45, 7) is 2.71. The summed E-state index contributed by atoms with van der Waals surface area (Å²) < 4.78 is 40.8. The van der Waals surface area contributed by atoms with Gasteiger partial charge in [-0.05, 0) is 30.3 Å². The minimum atomic E-state index is -5.08. The standard InChI is InChI=1S/C26H24N8O2.C2HF3O2/c1-36-21-4-2-3-20(17-21)34-22(7-10-29-34)25-30-24(23-18-28-11-12-33(23)25)26(35)32-15-13-31(14-16-32)19-5-8-27-9-6-19;3-2(4,5)1(6)7/h2-12,17-18H,13-16H2,1H3;(H,6,7). The van der Waals surface area contributed by atoms with Crippen LogP contribution in [0.15, 0.2) is 79.6 Å². The van der Waals surface area contributed by atoms with Crippen molar-refractivity contribution in [3.8, 4) is 23.0 Å². The first-order valence-corrected chi connectivity index (χ1v) is 12.9. The Bertz CT molecular complexity index is 1730. The first-order chi connectivity index (χ1) is 20.7. The van der Waals surface area contributed by atoms with Crippen LogP contribution in [0.1, 0.15) is 10.5 Å². The van der Waals surface area contributed by atoms with Crippen LogP contribution in [-0.2, 0) is 4.79 Å². The van der Waals surface area contributed by atoms with Gasteiger partial charge in [-0.2, -0.15) is 18.3 Å². The summed E-state index contributed by atoms with van der Waals surface area (Å²) in [6.07, 6.45) is 5.40. The van der Waals surface area contributed by atoms with Gasteiger partial charge >= 0.3 is 12.1 Å². The Morgan fingerprint density at radius 3 is 2.33 bits per heavy atom. The van der Waals surface area contributed by atoms with E-state index in [1.165, 1.54) is 0 Å². The number of pyridine rings is 1. The molecule has 12 nitrogen and oxygen atoms in total. The highest BCUT2D eigenvalue weighted by Gasteiger charge is 2.38. The van der Waals surface area contributed by atoms with Gasteiger partial charge in [0.25, 0.3) is 5.91 Å². The van der Waals surface area contributed by atoms with Crippen LogP contribution < -0.4 is 9.64 Å². The number of aromatic nitrogens is 6. The molecule has 1 aliphatic heterocycles. The molecule has 222 valence electrons. The molecule has 0 saturated carbocycles. The molecule has 0 spiro atoms. The third-order valence-electron chi connectivity index (χ3n) is 6.66. The van der Waals surface area contributed by atoms with Crippen molar-refractivity contribution in [2.45, 2.75) is 6.18 Å². The number of fused-ring (bicyclic) bond motifs is 1. The molecule has 1 N–H and O–H groups in total. The number of aliphatic carboxylic acids is 1. The highest BCUT2D eigenvalue weighted by atomic mass is 19.4. The lowest BCUT2D eigenvalue weighted by Gasteiger charge is -2.35. The number of amides is 1. The number of benzene rings is 1. The Balaban J connectivity index is 0.000000472. The third-order valence-corrected chi connectivity index (χ3v) is 6.66. The molecule has 1 aliphatic rings. The van der Waals surface area contributed by atoms with E-state index in [4.69, 9.17) is 19.6 Å². The lowest BCUT2D eigenvalue weighted by atomic mass is 10.2. The number of hydrogen-bond acceptors (Lipinski definition) is 8. The van der Waals surface area contributed by atoms with Crippen LogP contribution in [0.5, 0.6) is 5.75 Å². The fourth-order valence-corrected chi connectivity index (χ4v) is 4.57. The average Bonchev–Trinajstić information content (AvgIpc) is 3.66. The summed E-state index contributed by atoms with van der Waals surface area (Å²) >= 11 is 0. The van der Waals surface area contributed by atoms with Crippen LogP contribution in [0.2, 0.25) is 0 Å². The zero-order valence-electron chi connectivity index (χ0n) is 22.7. The van der Waals surface area contributed by atoms with Gasteiger partial charge in [0, 0.05) is 62.7 Å². The first-order valence-electron chi connectivity index (χ1n) is 12.9. The largest absolute Gasteiger partial charge is 0.497 e. The number of methoxy groups -OCH3 is 1. The van der Waals surface area contributed by atoms with Crippen molar-refractivity contribution in [3.63, 3.8) is 0 Å². The molecule has 4 aromatic heterocycles. The number of piperazine rings is 1. The topological polar surface area (TPSA) is 131 Å². The number of rotatable bonds is 5. The summed E-state index contributed by atoms with van der Waals surface area (Å²) in [7, 11) is 1.63. The molecule has 0 bridgehead atoms. The van der Waals surface area contributed by atoms with Gasteiger partial charge in [0.1, 0.15) is 11.4 Å². The summed E-state index contributed by atoms with van der Waals surface area (Å²) in [4.78, 5) is 39.8. The monoisotopic (exact) mass is 594 g/mol. The van der Waals surface area contributed by atoms with E-state index in [2.05, 4.69) is 20.0 Å². The number of carboxylic acids is 1. The molecule has 0 radical (unpaired) electrons. The molecule has 43 heavy (non-hydrogen) atoms. The van der Waals surface area contributed by atoms with Crippen LogP contribution in [0.4, 0.5) is 18.9 Å². The number of carbonyl (C=O) groups is 2. The van der Waals surface area contributed by atoms with E-state index in [0.717, 1.165) is 35.9 Å². The molecule has 5 heterocycles. The summed E-state index contributed by atoms with van der Waals surface area (Å²) in [6, 6.07) is 13.5. The predicted octanol–water partition coefficient (Wildman–Crippen LogP) is 3.58. The van der Waals surface area contributed by atoms with Gasteiger partial charge in [-0.3, -0.25) is 19.2 Å². The van der Waals surface area contributed by atoms with E-state index in [-0.39, 0.29) is 5.91 Å². The van der Waals surface area contributed by atoms with Gasteiger partial charge < -0.3 is 19.6 Å². The minimum absolute atomic E-state index is 0.103. The Labute approximate surface area is 242 Å². The van der Waals surface area contributed by atoms with Crippen LogP contribution in [-0.4, -0.2) is 90.5 Å². The van der Waals surface area contributed by atoms with Crippen molar-refractivity contribution in [2.75, 3.05) is 38.2 Å². The molecule has 0 atom stereocenters. The fourth-order valence-electron chi connectivity index (χ4n) is 4.57. The lowest BCUT2D eigenvalue weighted by Crippen LogP contribution is -2.49. The Hall–Kier alpha value is -5.47. The first kappa shape index (κ1) is 29.0. The van der Waals surface area contributed by atoms with Crippen molar-refractivity contribution in [3.05, 3.63) is 85.3 Å². The SMILES string of the molecule is COc1cccc(-n2nccc2-c2nc(C(=O)N3CCN(c4ccncc4)CC3)c3cnccn23)c1.O=C(O)C(F)(F)F. The predicted molar refractivity (Wildman–Crippen MR) is 148 cm³/mol. The Kier molecular flexibility index (Phi) is 8.23. The third kappa shape index (κ3) is 6.24. The summed E-state index contributed by atoms with van der Waals surface area (Å²) in [5.41, 5.74) is 3.74. The van der Waals surface area contributed by atoms with Gasteiger partial charge in [0.05, 0.1) is 30.7 Å². The molecule has 1 fully saturated rings. The van der Waals surface area contributed by atoms with Gasteiger partial charge in [-0.15, -0.1) is 0 Å². The molecule has 1 aromatic carbocycles. The fraction of sp³-hybridized carbons (Fsp3) is 0.214. The van der Waals surface area contributed by atoms with Gasteiger partial charge in [0.2, 0.25) is 0 Å². The molecular formula is C28H25F3N8O4. The second-order valence-electron chi connectivity index (χ2n) is 9.23. The number of alkyl halides is 3. The molecule has 5 aromatic rings. The number of anilines is 1. The van der Waals surface area contributed by atoms with Crippen molar-refractivity contribution in [1.82, 2.24) is 34.0 Å². The number of nitrogens with zero attached hydrogens (tertiary/aromatic N) is 8. The summed E-state index contributed by atoms with van der Waals surface area (Å²) in [5.74, 6) is -1.51. The highest BCUT2D eigenvalue weighted by Crippen LogP contribution is 2.27. The number of carbonyl (C=O) groups excluding carboxylic acids is 1. The highest BCUT2D eigenvalue weighted by molar-refractivity contribution is 6.00. The second kappa shape index (κ2) is 12.2. The molecular weight excluding hydrogens is 569 g/mol. The van der Waals surface area contributed by atoms with E-state index in [1.54, 1.807) is 42.8 Å². The van der Waals surface area contributed by atoms with Crippen LogP contribution >= 0.6 is 0 Å². The van der Waals surface area contributed by atoms with Crippen molar-refractivity contribution >= 4 is 23.1 Å². The van der Waals surface area contributed by atoms with E-state index in [0.29, 0.717) is 30.1 Å². The molecule has 6 rings (SSSR count). The maximum absolute atomic E-state index is 13.6. The Morgan fingerprint density at radius 2 is 1.65 bits per heavy atom. The normalized spacial score (nSPS) is 13.4. The van der Waals surface area contributed by atoms with Gasteiger partial charge in [-0.25, -0.2) is 14.5 Å². The maximum atomic E-state index is 13.6. The maximum Gasteiger partial charge on any atom is 0.490 e. The molecule has 15 heteroatoms. The number of halogens is 3. The van der Waals surface area contributed by atoms with Crippen molar-refractivity contribution in [1.29, 1.82) is 0 Å². The number of carboxylic acid groups (broad SMARTS) is 1. The zero-order valence-corrected chi connectivity index (χ0v) is 22.7. The quantitative estimate of drug-likeness (QED) is 0.324. The van der Waals surface area contributed by atoms with Crippen molar-refractivity contribution in [2.24, 2.45) is 0 Å². The van der Waals surface area contributed by atoms with E-state index >= 15 is 0 Å². The number of hydrogen-bond donors (Lipinski definition) is 1. The van der Waals surface area contributed by atoms with Crippen LogP contribution in [0.3, 0.4) is 0 Å². The Morgan fingerprint density at radius 1 is 0.930 bits per heavy atom. The van der Waals surface area contributed by atoms with E-state index < -0.39 is 12.1 Å². The number of ether oxygens (including phenoxy) is 1. The molecule has 1 amide bonds.